The van der Waals surface area contributed by atoms with Gasteiger partial charge < -0.3 is 14.8 Å². The SMILES string of the molecule is COc1ccc(/C(Cl)=C(/CNc2ccccn2)c2ccccc2)cc1OC. The van der Waals surface area contributed by atoms with Gasteiger partial charge >= 0.3 is 0 Å². The number of rotatable bonds is 7. The van der Waals surface area contributed by atoms with E-state index in [0.29, 0.717) is 23.1 Å². The lowest BCUT2D eigenvalue weighted by Gasteiger charge is -2.15. The summed E-state index contributed by atoms with van der Waals surface area (Å²) in [4.78, 5) is 4.31. The minimum absolute atomic E-state index is 0.536. The molecule has 5 heteroatoms. The number of hydrogen-bond donors (Lipinski definition) is 1. The highest BCUT2D eigenvalue weighted by Gasteiger charge is 2.13. The average molecular weight is 381 g/mol. The van der Waals surface area contributed by atoms with Gasteiger partial charge in [0.25, 0.3) is 0 Å². The molecule has 0 aliphatic carbocycles. The van der Waals surface area contributed by atoms with Crippen LogP contribution in [-0.2, 0) is 0 Å². The van der Waals surface area contributed by atoms with Crippen molar-refractivity contribution in [2.24, 2.45) is 0 Å². The van der Waals surface area contributed by atoms with Crippen LogP contribution in [0.2, 0.25) is 0 Å². The number of anilines is 1. The highest BCUT2D eigenvalue weighted by molar-refractivity contribution is 6.52. The first kappa shape index (κ1) is 18.8. The van der Waals surface area contributed by atoms with Gasteiger partial charge in [-0.1, -0.05) is 48.0 Å². The van der Waals surface area contributed by atoms with Gasteiger partial charge in [-0.15, -0.1) is 0 Å². The number of methoxy groups -OCH3 is 2. The molecule has 138 valence electrons. The lowest BCUT2D eigenvalue weighted by Crippen LogP contribution is -2.06. The van der Waals surface area contributed by atoms with Crippen LogP contribution in [0.5, 0.6) is 11.5 Å². The van der Waals surface area contributed by atoms with Crippen molar-refractivity contribution in [3.8, 4) is 11.5 Å². The molecule has 0 unspecified atom stereocenters. The summed E-state index contributed by atoms with van der Waals surface area (Å²) in [7, 11) is 3.22. The van der Waals surface area contributed by atoms with Gasteiger partial charge in [-0.25, -0.2) is 4.98 Å². The monoisotopic (exact) mass is 380 g/mol. The van der Waals surface area contributed by atoms with E-state index in [0.717, 1.165) is 22.5 Å². The minimum atomic E-state index is 0.536. The van der Waals surface area contributed by atoms with Gasteiger partial charge in [0.1, 0.15) is 5.82 Å². The molecule has 0 saturated heterocycles. The van der Waals surface area contributed by atoms with Crippen LogP contribution in [-0.4, -0.2) is 25.7 Å². The molecular weight excluding hydrogens is 360 g/mol. The molecule has 27 heavy (non-hydrogen) atoms. The summed E-state index contributed by atoms with van der Waals surface area (Å²) in [5, 5.41) is 3.98. The number of hydrogen-bond acceptors (Lipinski definition) is 4. The van der Waals surface area contributed by atoms with E-state index in [-0.39, 0.29) is 0 Å². The molecule has 0 aliphatic heterocycles. The Morgan fingerprint density at radius 3 is 2.30 bits per heavy atom. The number of halogens is 1. The van der Waals surface area contributed by atoms with Crippen molar-refractivity contribution in [1.29, 1.82) is 0 Å². The van der Waals surface area contributed by atoms with E-state index < -0.39 is 0 Å². The summed E-state index contributed by atoms with van der Waals surface area (Å²) in [6.07, 6.45) is 1.75. The van der Waals surface area contributed by atoms with Gasteiger partial charge in [-0.3, -0.25) is 0 Å². The fraction of sp³-hybridized carbons (Fsp3) is 0.136. The second-order valence-corrected chi connectivity index (χ2v) is 6.17. The maximum atomic E-state index is 6.82. The molecule has 3 rings (SSSR count). The van der Waals surface area contributed by atoms with Crippen molar-refractivity contribution in [2.45, 2.75) is 0 Å². The predicted molar refractivity (Wildman–Crippen MR) is 111 cm³/mol. The van der Waals surface area contributed by atoms with Crippen LogP contribution < -0.4 is 14.8 Å². The number of nitrogens with zero attached hydrogens (tertiary/aromatic N) is 1. The maximum Gasteiger partial charge on any atom is 0.161 e. The molecule has 0 aliphatic rings. The van der Waals surface area contributed by atoms with Gasteiger partial charge in [0, 0.05) is 12.7 Å². The van der Waals surface area contributed by atoms with E-state index in [2.05, 4.69) is 10.3 Å². The third kappa shape index (κ3) is 4.60. The molecule has 1 heterocycles. The second kappa shape index (κ2) is 9.10. The molecule has 3 aromatic rings. The first-order valence-corrected chi connectivity index (χ1v) is 8.92. The number of nitrogens with one attached hydrogen (secondary N) is 1. The third-order valence-corrected chi connectivity index (χ3v) is 4.58. The lowest BCUT2D eigenvalue weighted by molar-refractivity contribution is 0.355. The molecular formula is C22H21ClN2O2. The van der Waals surface area contributed by atoms with E-state index in [4.69, 9.17) is 21.1 Å². The van der Waals surface area contributed by atoms with Crippen molar-refractivity contribution in [2.75, 3.05) is 26.1 Å². The van der Waals surface area contributed by atoms with E-state index in [1.165, 1.54) is 0 Å². The highest BCUT2D eigenvalue weighted by Crippen LogP contribution is 2.35. The van der Waals surface area contributed by atoms with E-state index in [1.54, 1.807) is 20.4 Å². The van der Waals surface area contributed by atoms with Crippen LogP contribution in [0.4, 0.5) is 5.82 Å². The molecule has 0 fully saturated rings. The normalized spacial score (nSPS) is 11.5. The molecule has 0 bridgehead atoms. The largest absolute Gasteiger partial charge is 0.493 e. The fourth-order valence-electron chi connectivity index (χ4n) is 2.74. The van der Waals surface area contributed by atoms with Crippen LogP contribution in [0.3, 0.4) is 0 Å². The van der Waals surface area contributed by atoms with Crippen molar-refractivity contribution in [3.63, 3.8) is 0 Å². The van der Waals surface area contributed by atoms with Crippen LogP contribution in [0, 0.1) is 0 Å². The first-order chi connectivity index (χ1) is 13.2. The Kier molecular flexibility index (Phi) is 6.34. The van der Waals surface area contributed by atoms with Crippen LogP contribution in [0.15, 0.2) is 72.9 Å². The van der Waals surface area contributed by atoms with E-state index in [9.17, 15) is 0 Å². The van der Waals surface area contributed by atoms with E-state index >= 15 is 0 Å². The average Bonchev–Trinajstić information content (AvgIpc) is 2.74. The van der Waals surface area contributed by atoms with Crippen molar-refractivity contribution < 1.29 is 9.47 Å². The number of benzene rings is 2. The second-order valence-electron chi connectivity index (χ2n) is 5.80. The molecule has 1 aromatic heterocycles. The van der Waals surface area contributed by atoms with Crippen LogP contribution in [0.1, 0.15) is 11.1 Å². The molecule has 0 amide bonds. The number of pyridine rings is 1. The number of aromatic nitrogens is 1. The quantitative estimate of drug-likeness (QED) is 0.563. The molecule has 0 atom stereocenters. The zero-order chi connectivity index (χ0) is 19.1. The highest BCUT2D eigenvalue weighted by atomic mass is 35.5. The zero-order valence-electron chi connectivity index (χ0n) is 15.3. The lowest BCUT2D eigenvalue weighted by atomic mass is 10.0. The van der Waals surface area contributed by atoms with E-state index in [1.807, 2.05) is 66.7 Å². The van der Waals surface area contributed by atoms with Gasteiger partial charge in [-0.2, -0.15) is 0 Å². The summed E-state index contributed by atoms with van der Waals surface area (Å²) >= 11 is 6.82. The Balaban J connectivity index is 2.00. The molecule has 1 N–H and O–H groups in total. The summed E-state index contributed by atoms with van der Waals surface area (Å²) in [5.74, 6) is 2.10. The van der Waals surface area contributed by atoms with Crippen molar-refractivity contribution in [1.82, 2.24) is 4.98 Å². The maximum absolute atomic E-state index is 6.82. The molecule has 4 nitrogen and oxygen atoms in total. The summed E-state index contributed by atoms with van der Waals surface area (Å²) < 4.78 is 10.7. The molecule has 0 saturated carbocycles. The molecule has 0 spiro atoms. The van der Waals surface area contributed by atoms with Gasteiger partial charge in [0.2, 0.25) is 0 Å². The van der Waals surface area contributed by atoms with Gasteiger partial charge in [0.15, 0.2) is 11.5 Å². The number of ether oxygens (including phenoxy) is 2. The summed E-state index contributed by atoms with van der Waals surface area (Å²) in [5.41, 5.74) is 2.87. The molecule has 2 aromatic carbocycles. The summed E-state index contributed by atoms with van der Waals surface area (Å²) in [6.45, 7) is 0.536. The van der Waals surface area contributed by atoms with Gasteiger partial charge in [-0.05, 0) is 47.0 Å². The Bertz CT molecular complexity index is 912. The van der Waals surface area contributed by atoms with Crippen LogP contribution >= 0.6 is 11.6 Å². The van der Waals surface area contributed by atoms with Crippen LogP contribution in [0.25, 0.3) is 10.6 Å². The minimum Gasteiger partial charge on any atom is -0.493 e. The zero-order valence-corrected chi connectivity index (χ0v) is 16.0. The topological polar surface area (TPSA) is 43.4 Å². The Morgan fingerprint density at radius 1 is 0.889 bits per heavy atom. The van der Waals surface area contributed by atoms with Crippen molar-refractivity contribution in [3.05, 3.63) is 84.1 Å². The Labute approximate surface area is 164 Å². The predicted octanol–water partition coefficient (Wildman–Crippen LogP) is 5.32. The van der Waals surface area contributed by atoms with Gasteiger partial charge in [0.05, 0.1) is 19.3 Å². The Hall–Kier alpha value is -2.98. The van der Waals surface area contributed by atoms with Crippen molar-refractivity contribution >= 4 is 28.0 Å². The smallest absolute Gasteiger partial charge is 0.161 e. The molecule has 0 radical (unpaired) electrons. The third-order valence-electron chi connectivity index (χ3n) is 4.14. The standard InChI is InChI=1S/C22H21ClN2O2/c1-26-19-12-11-17(14-20(19)27-2)22(23)18(16-8-4-3-5-9-16)15-25-21-10-6-7-13-24-21/h3-14H,15H2,1-2H3,(H,24,25)/b22-18+. The summed E-state index contributed by atoms with van der Waals surface area (Å²) in [6, 6.07) is 21.5. The fourth-order valence-corrected chi connectivity index (χ4v) is 3.03. The Morgan fingerprint density at radius 2 is 1.63 bits per heavy atom. The first-order valence-electron chi connectivity index (χ1n) is 8.54.